The maximum absolute atomic E-state index is 13.1. The van der Waals surface area contributed by atoms with Crippen LogP contribution >= 0.6 is 12.4 Å². The number of fused-ring (bicyclic) bond motifs is 1. The van der Waals surface area contributed by atoms with Crippen molar-refractivity contribution in [1.82, 2.24) is 8.61 Å². The van der Waals surface area contributed by atoms with Gasteiger partial charge in [0.1, 0.15) is 0 Å². The van der Waals surface area contributed by atoms with Gasteiger partial charge in [-0.2, -0.15) is 17.0 Å². The average Bonchev–Trinajstić information content (AvgIpc) is 2.65. The number of halogens is 1. The highest BCUT2D eigenvalue weighted by Gasteiger charge is 2.31. The minimum Gasteiger partial charge on any atom is -0.329 e. The number of hydrogen-bond acceptors (Lipinski definition) is 3. The Bertz CT molecular complexity index is 799. The molecule has 5 nitrogen and oxygen atoms in total. The van der Waals surface area contributed by atoms with Crippen molar-refractivity contribution < 1.29 is 8.42 Å². The number of nitrogens with zero attached hydrogens (tertiary/aromatic N) is 2. The van der Waals surface area contributed by atoms with E-state index in [4.69, 9.17) is 5.73 Å². The SMILES string of the molecule is Cl.NCCN(CCc1ccccc1)S(=O)(=O)N1CCc2ccccc2C1. The van der Waals surface area contributed by atoms with Crippen LogP contribution < -0.4 is 5.73 Å². The van der Waals surface area contributed by atoms with Gasteiger partial charge < -0.3 is 5.73 Å². The molecule has 1 heterocycles. The molecule has 26 heavy (non-hydrogen) atoms. The minimum atomic E-state index is -3.51. The first-order valence-corrected chi connectivity index (χ1v) is 10.1. The summed E-state index contributed by atoms with van der Waals surface area (Å²) in [4.78, 5) is 0. The topological polar surface area (TPSA) is 66.6 Å². The lowest BCUT2D eigenvalue weighted by atomic mass is 10.0. The smallest absolute Gasteiger partial charge is 0.282 e. The highest BCUT2D eigenvalue weighted by Crippen LogP contribution is 2.22. The van der Waals surface area contributed by atoms with Crippen LogP contribution in [0.15, 0.2) is 54.6 Å². The van der Waals surface area contributed by atoms with Crippen molar-refractivity contribution >= 4 is 22.6 Å². The fourth-order valence-electron chi connectivity index (χ4n) is 3.22. The van der Waals surface area contributed by atoms with E-state index in [1.165, 1.54) is 9.87 Å². The normalized spacial score (nSPS) is 14.7. The maximum atomic E-state index is 13.1. The molecule has 0 saturated heterocycles. The lowest BCUT2D eigenvalue weighted by Gasteiger charge is -2.33. The molecule has 1 aliphatic rings. The van der Waals surface area contributed by atoms with E-state index < -0.39 is 10.2 Å². The molecule has 0 spiro atoms. The van der Waals surface area contributed by atoms with Crippen molar-refractivity contribution in [1.29, 1.82) is 0 Å². The van der Waals surface area contributed by atoms with E-state index in [0.717, 1.165) is 17.5 Å². The van der Waals surface area contributed by atoms with E-state index in [0.29, 0.717) is 39.1 Å². The molecule has 0 bridgehead atoms. The molecule has 0 saturated carbocycles. The van der Waals surface area contributed by atoms with Gasteiger partial charge in [-0.25, -0.2) is 0 Å². The second-order valence-electron chi connectivity index (χ2n) is 6.28. The molecule has 0 fully saturated rings. The lowest BCUT2D eigenvalue weighted by Crippen LogP contribution is -2.48. The summed E-state index contributed by atoms with van der Waals surface area (Å²) in [6.45, 7) is 2.06. The van der Waals surface area contributed by atoms with E-state index >= 15 is 0 Å². The third kappa shape index (κ3) is 4.84. The van der Waals surface area contributed by atoms with Gasteiger partial charge in [-0.1, -0.05) is 54.6 Å². The van der Waals surface area contributed by atoms with Crippen LogP contribution in [-0.4, -0.2) is 43.2 Å². The Balaban J connectivity index is 0.00000243. The van der Waals surface area contributed by atoms with Crippen LogP contribution in [0.25, 0.3) is 0 Å². The minimum absolute atomic E-state index is 0. The molecular formula is C19H26ClN3O2S. The van der Waals surface area contributed by atoms with Crippen LogP contribution in [0.4, 0.5) is 0 Å². The Morgan fingerprint density at radius 3 is 2.31 bits per heavy atom. The molecule has 2 aromatic carbocycles. The summed E-state index contributed by atoms with van der Waals surface area (Å²) >= 11 is 0. The van der Waals surface area contributed by atoms with Gasteiger partial charge in [0.2, 0.25) is 0 Å². The molecular weight excluding hydrogens is 370 g/mol. The standard InChI is InChI=1S/C19H25N3O2S.ClH/c20-12-15-21(13-10-17-6-2-1-3-7-17)25(23,24)22-14-11-18-8-4-5-9-19(18)16-22;/h1-9H,10-16,20H2;1H. The van der Waals surface area contributed by atoms with Crippen molar-refractivity contribution in [2.24, 2.45) is 5.73 Å². The van der Waals surface area contributed by atoms with Crippen molar-refractivity contribution in [3.8, 4) is 0 Å². The lowest BCUT2D eigenvalue weighted by molar-refractivity contribution is 0.328. The van der Waals surface area contributed by atoms with Gasteiger partial charge in [0.05, 0.1) is 0 Å². The van der Waals surface area contributed by atoms with Crippen LogP contribution in [-0.2, 0) is 29.6 Å². The van der Waals surface area contributed by atoms with Crippen molar-refractivity contribution in [2.75, 3.05) is 26.2 Å². The molecule has 2 aromatic rings. The monoisotopic (exact) mass is 395 g/mol. The largest absolute Gasteiger partial charge is 0.329 e. The van der Waals surface area contributed by atoms with E-state index in [-0.39, 0.29) is 12.4 Å². The first kappa shape index (κ1) is 20.9. The molecule has 7 heteroatoms. The molecule has 142 valence electrons. The zero-order valence-electron chi connectivity index (χ0n) is 14.8. The molecule has 2 N–H and O–H groups in total. The van der Waals surface area contributed by atoms with Crippen molar-refractivity contribution in [2.45, 2.75) is 19.4 Å². The Morgan fingerprint density at radius 1 is 0.962 bits per heavy atom. The third-order valence-electron chi connectivity index (χ3n) is 4.62. The zero-order chi connectivity index (χ0) is 17.7. The van der Waals surface area contributed by atoms with Crippen LogP contribution in [0, 0.1) is 0 Å². The zero-order valence-corrected chi connectivity index (χ0v) is 16.4. The second kappa shape index (κ2) is 9.48. The van der Waals surface area contributed by atoms with E-state index in [9.17, 15) is 8.42 Å². The van der Waals surface area contributed by atoms with Crippen LogP contribution in [0.2, 0.25) is 0 Å². The summed E-state index contributed by atoms with van der Waals surface area (Å²) in [7, 11) is -3.51. The molecule has 1 aliphatic heterocycles. The maximum Gasteiger partial charge on any atom is 0.282 e. The van der Waals surface area contributed by atoms with Crippen LogP contribution in [0.5, 0.6) is 0 Å². The predicted octanol–water partition coefficient (Wildman–Crippen LogP) is 2.21. The van der Waals surface area contributed by atoms with Crippen LogP contribution in [0.3, 0.4) is 0 Å². The van der Waals surface area contributed by atoms with Gasteiger partial charge in [0.25, 0.3) is 10.2 Å². The van der Waals surface area contributed by atoms with Gasteiger partial charge in [-0.3, -0.25) is 0 Å². The van der Waals surface area contributed by atoms with Crippen LogP contribution in [0.1, 0.15) is 16.7 Å². The number of benzene rings is 2. The van der Waals surface area contributed by atoms with E-state index in [1.807, 2.05) is 48.5 Å². The average molecular weight is 396 g/mol. The molecule has 0 atom stereocenters. The first-order valence-electron chi connectivity index (χ1n) is 8.67. The molecule has 0 radical (unpaired) electrons. The van der Waals surface area contributed by atoms with E-state index in [2.05, 4.69) is 6.07 Å². The van der Waals surface area contributed by atoms with E-state index in [1.54, 1.807) is 4.31 Å². The molecule has 0 aromatic heterocycles. The van der Waals surface area contributed by atoms with Crippen molar-refractivity contribution in [3.05, 3.63) is 71.3 Å². The quantitative estimate of drug-likeness (QED) is 0.781. The van der Waals surface area contributed by atoms with Gasteiger partial charge in [0.15, 0.2) is 0 Å². The summed E-state index contributed by atoms with van der Waals surface area (Å²) in [6.07, 6.45) is 1.44. The third-order valence-corrected chi connectivity index (χ3v) is 6.60. The number of nitrogens with two attached hydrogens (primary N) is 1. The summed E-state index contributed by atoms with van der Waals surface area (Å²) in [5.74, 6) is 0. The summed E-state index contributed by atoms with van der Waals surface area (Å²) in [5.41, 5.74) is 9.14. The molecule has 3 rings (SSSR count). The highest BCUT2D eigenvalue weighted by atomic mass is 35.5. The van der Waals surface area contributed by atoms with Gasteiger partial charge >= 0.3 is 0 Å². The Kier molecular flexibility index (Phi) is 7.61. The summed E-state index contributed by atoms with van der Waals surface area (Å²) in [5, 5.41) is 0. The molecule has 0 aliphatic carbocycles. The fourth-order valence-corrected chi connectivity index (χ4v) is 4.82. The Morgan fingerprint density at radius 2 is 1.62 bits per heavy atom. The number of hydrogen-bond donors (Lipinski definition) is 1. The van der Waals surface area contributed by atoms with Gasteiger partial charge in [-0.15, -0.1) is 12.4 Å². The van der Waals surface area contributed by atoms with Gasteiger partial charge in [-0.05, 0) is 29.5 Å². The summed E-state index contributed by atoms with van der Waals surface area (Å²) in [6, 6.07) is 18.0. The molecule has 0 amide bonds. The summed E-state index contributed by atoms with van der Waals surface area (Å²) < 4.78 is 29.3. The Hall–Kier alpha value is -1.44. The predicted molar refractivity (Wildman–Crippen MR) is 107 cm³/mol. The highest BCUT2D eigenvalue weighted by molar-refractivity contribution is 7.86. The second-order valence-corrected chi connectivity index (χ2v) is 8.21. The Labute approximate surface area is 162 Å². The molecule has 0 unspecified atom stereocenters. The first-order chi connectivity index (χ1) is 12.1. The fraction of sp³-hybridized carbons (Fsp3) is 0.368. The van der Waals surface area contributed by atoms with Gasteiger partial charge in [0, 0.05) is 32.7 Å². The number of rotatable bonds is 7. The van der Waals surface area contributed by atoms with Crippen molar-refractivity contribution in [3.63, 3.8) is 0 Å².